The second kappa shape index (κ2) is 6.32. The first kappa shape index (κ1) is 15.6. The quantitative estimate of drug-likeness (QED) is 0.820. The van der Waals surface area contributed by atoms with Gasteiger partial charge in [-0.05, 0) is 49.2 Å². The predicted molar refractivity (Wildman–Crippen MR) is 91.7 cm³/mol. The second-order valence-electron chi connectivity index (χ2n) is 4.67. The summed E-state index contributed by atoms with van der Waals surface area (Å²) in [6.07, 6.45) is 1.50. The molecule has 1 aromatic heterocycles. The third-order valence-electron chi connectivity index (χ3n) is 2.97. The molecule has 1 aromatic carbocycles. The summed E-state index contributed by atoms with van der Waals surface area (Å²) in [7, 11) is 0. The van der Waals surface area contributed by atoms with Gasteiger partial charge in [0.05, 0.1) is 0 Å². The summed E-state index contributed by atoms with van der Waals surface area (Å²) in [5, 5.41) is 2.83. The molecule has 0 aliphatic heterocycles. The zero-order chi connectivity index (χ0) is 15.6. The zero-order valence-electron chi connectivity index (χ0n) is 11.6. The van der Waals surface area contributed by atoms with Crippen molar-refractivity contribution in [3.8, 4) is 0 Å². The topological polar surface area (TPSA) is 68.0 Å². The number of amides is 1. The van der Waals surface area contributed by atoms with Crippen molar-refractivity contribution in [2.45, 2.75) is 13.8 Å². The Bertz CT molecular complexity index is 690. The van der Waals surface area contributed by atoms with Crippen molar-refractivity contribution >= 4 is 44.7 Å². The molecule has 0 atom stereocenters. The van der Waals surface area contributed by atoms with Crippen LogP contribution in [0.5, 0.6) is 0 Å². The summed E-state index contributed by atoms with van der Waals surface area (Å²) < 4.78 is 1.04. The number of nitrogens with one attached hydrogen (secondary N) is 1. The maximum Gasteiger partial charge on any atom is 0.274 e. The van der Waals surface area contributed by atoms with Gasteiger partial charge < -0.3 is 11.1 Å². The number of carbonyl (C=O) groups excluding carboxylic acids is 1. The minimum absolute atomic E-state index is 0.258. The number of anilines is 1. The Morgan fingerprint density at radius 3 is 2.38 bits per heavy atom. The molecule has 2 aromatic rings. The number of hydrogen-bond donors (Lipinski definition) is 2. The molecular weight excluding hydrogens is 350 g/mol. The summed E-state index contributed by atoms with van der Waals surface area (Å²) in [6.45, 7) is 3.95. The molecule has 1 heterocycles. The van der Waals surface area contributed by atoms with Gasteiger partial charge in [0.15, 0.2) is 0 Å². The van der Waals surface area contributed by atoms with Crippen LogP contribution in [0.1, 0.15) is 27.2 Å². The van der Waals surface area contributed by atoms with E-state index >= 15 is 0 Å². The number of benzene rings is 1. The lowest BCUT2D eigenvalue weighted by Crippen LogP contribution is -2.15. The van der Waals surface area contributed by atoms with Crippen LogP contribution in [0.4, 0.5) is 5.69 Å². The molecule has 6 heteroatoms. The molecule has 0 radical (unpaired) electrons. The van der Waals surface area contributed by atoms with Crippen molar-refractivity contribution in [2.24, 2.45) is 5.73 Å². The first-order chi connectivity index (χ1) is 9.88. The molecule has 0 fully saturated rings. The van der Waals surface area contributed by atoms with E-state index in [0.29, 0.717) is 11.3 Å². The van der Waals surface area contributed by atoms with Crippen molar-refractivity contribution in [1.29, 1.82) is 0 Å². The minimum Gasteiger partial charge on any atom is -0.389 e. The van der Waals surface area contributed by atoms with E-state index in [1.165, 1.54) is 6.20 Å². The molecule has 0 aliphatic carbocycles. The van der Waals surface area contributed by atoms with Crippen molar-refractivity contribution in [1.82, 2.24) is 4.98 Å². The number of thiocarbonyl (C=S) groups is 1. The third kappa shape index (κ3) is 3.65. The van der Waals surface area contributed by atoms with Gasteiger partial charge in [0.25, 0.3) is 5.91 Å². The number of halogens is 1. The molecule has 0 bridgehead atoms. The number of aromatic nitrogens is 1. The number of pyridine rings is 1. The highest BCUT2D eigenvalue weighted by atomic mass is 79.9. The summed E-state index contributed by atoms with van der Waals surface area (Å²) in [5.41, 5.74) is 9.30. The van der Waals surface area contributed by atoms with Crippen LogP contribution in [0.15, 0.2) is 34.9 Å². The Kier molecular flexibility index (Phi) is 4.69. The molecule has 1 amide bonds. The van der Waals surface area contributed by atoms with Crippen molar-refractivity contribution in [2.75, 3.05) is 5.32 Å². The van der Waals surface area contributed by atoms with E-state index in [0.717, 1.165) is 21.3 Å². The van der Waals surface area contributed by atoms with E-state index in [1.807, 2.05) is 26.0 Å². The molecule has 4 nitrogen and oxygen atoms in total. The van der Waals surface area contributed by atoms with E-state index in [2.05, 4.69) is 26.2 Å². The van der Waals surface area contributed by atoms with Gasteiger partial charge in [0, 0.05) is 21.9 Å². The molecular formula is C15H14BrN3OS. The average Bonchev–Trinajstić information content (AvgIpc) is 2.44. The number of hydrogen-bond acceptors (Lipinski definition) is 3. The van der Waals surface area contributed by atoms with E-state index in [9.17, 15) is 4.79 Å². The van der Waals surface area contributed by atoms with Crippen LogP contribution in [-0.2, 0) is 0 Å². The highest BCUT2D eigenvalue weighted by Crippen LogP contribution is 2.25. The summed E-state index contributed by atoms with van der Waals surface area (Å²) in [4.78, 5) is 16.5. The van der Waals surface area contributed by atoms with E-state index < -0.39 is 0 Å². The van der Waals surface area contributed by atoms with Gasteiger partial charge in [-0.25, -0.2) is 0 Å². The van der Waals surface area contributed by atoms with Gasteiger partial charge in [-0.2, -0.15) is 0 Å². The molecule has 0 unspecified atom stereocenters. The first-order valence-corrected chi connectivity index (χ1v) is 7.42. The average molecular weight is 364 g/mol. The fourth-order valence-corrected chi connectivity index (χ4v) is 2.24. The number of nitrogens with zero attached hydrogens (tertiary/aromatic N) is 1. The number of rotatable bonds is 3. The third-order valence-corrected chi connectivity index (χ3v) is 4.46. The lowest BCUT2D eigenvalue weighted by molar-refractivity contribution is 0.102. The maximum atomic E-state index is 12.2. The Balaban J connectivity index is 2.20. The van der Waals surface area contributed by atoms with Gasteiger partial charge in [-0.15, -0.1) is 0 Å². The number of aryl methyl sites for hydroxylation is 2. The van der Waals surface area contributed by atoms with E-state index in [1.54, 1.807) is 12.1 Å². The van der Waals surface area contributed by atoms with Crippen LogP contribution in [-0.4, -0.2) is 15.9 Å². The Labute approximate surface area is 136 Å². The van der Waals surface area contributed by atoms with Gasteiger partial charge >= 0.3 is 0 Å². The maximum absolute atomic E-state index is 12.2. The molecule has 2 rings (SSSR count). The Morgan fingerprint density at radius 2 is 1.90 bits per heavy atom. The van der Waals surface area contributed by atoms with Crippen molar-refractivity contribution in [3.05, 3.63) is 57.3 Å². The molecule has 3 N–H and O–H groups in total. The monoisotopic (exact) mass is 363 g/mol. The second-order valence-corrected chi connectivity index (χ2v) is 5.91. The molecule has 108 valence electrons. The SMILES string of the molecule is Cc1cc(NC(=O)c2ccc(C(N)=S)cn2)cc(C)c1Br. The highest BCUT2D eigenvalue weighted by Gasteiger charge is 2.10. The number of carbonyl (C=O) groups is 1. The predicted octanol–water partition coefficient (Wildman–Crippen LogP) is 3.35. The largest absolute Gasteiger partial charge is 0.389 e. The van der Waals surface area contributed by atoms with Crippen LogP contribution < -0.4 is 11.1 Å². The molecule has 0 saturated heterocycles. The van der Waals surface area contributed by atoms with Crippen molar-refractivity contribution < 1.29 is 4.79 Å². The normalized spacial score (nSPS) is 10.2. The van der Waals surface area contributed by atoms with Gasteiger partial charge in [-0.3, -0.25) is 9.78 Å². The zero-order valence-corrected chi connectivity index (χ0v) is 14.0. The van der Waals surface area contributed by atoms with E-state index in [4.69, 9.17) is 18.0 Å². The highest BCUT2D eigenvalue weighted by molar-refractivity contribution is 9.10. The molecule has 0 saturated carbocycles. The van der Waals surface area contributed by atoms with E-state index in [-0.39, 0.29) is 10.9 Å². The smallest absolute Gasteiger partial charge is 0.274 e. The van der Waals surface area contributed by atoms with Crippen LogP contribution >= 0.6 is 28.1 Å². The molecule has 0 spiro atoms. The number of nitrogens with two attached hydrogens (primary N) is 1. The Morgan fingerprint density at radius 1 is 1.29 bits per heavy atom. The van der Waals surface area contributed by atoms with Crippen LogP contribution in [0.2, 0.25) is 0 Å². The van der Waals surface area contributed by atoms with Crippen LogP contribution in [0, 0.1) is 13.8 Å². The fourth-order valence-electron chi connectivity index (χ4n) is 1.89. The molecule has 0 aliphatic rings. The Hall–Kier alpha value is -1.79. The summed E-state index contributed by atoms with van der Waals surface area (Å²) >= 11 is 8.35. The lowest BCUT2D eigenvalue weighted by atomic mass is 10.1. The summed E-state index contributed by atoms with van der Waals surface area (Å²) in [5.74, 6) is -0.273. The van der Waals surface area contributed by atoms with Crippen LogP contribution in [0.3, 0.4) is 0 Å². The van der Waals surface area contributed by atoms with Crippen LogP contribution in [0.25, 0.3) is 0 Å². The first-order valence-electron chi connectivity index (χ1n) is 6.22. The van der Waals surface area contributed by atoms with Crippen molar-refractivity contribution in [3.63, 3.8) is 0 Å². The van der Waals surface area contributed by atoms with Gasteiger partial charge in [-0.1, -0.05) is 28.1 Å². The standard InChI is InChI=1S/C15H14BrN3OS/c1-8-5-11(6-9(2)13(8)16)19-15(20)12-4-3-10(7-18-12)14(17)21/h3-7H,1-2H3,(H2,17,21)(H,19,20). The van der Waals surface area contributed by atoms with Gasteiger partial charge in [0.1, 0.15) is 10.7 Å². The minimum atomic E-state index is -0.273. The lowest BCUT2D eigenvalue weighted by Gasteiger charge is -2.09. The van der Waals surface area contributed by atoms with Gasteiger partial charge in [0.2, 0.25) is 0 Å². The molecule has 21 heavy (non-hydrogen) atoms. The fraction of sp³-hybridized carbons (Fsp3) is 0.133. The summed E-state index contributed by atoms with van der Waals surface area (Å²) in [6, 6.07) is 7.08.